The molecule has 2 aromatic carbocycles. The molecule has 6 heteroatoms. The topological polar surface area (TPSA) is 24.9 Å². The molecule has 0 aromatic heterocycles. The lowest BCUT2D eigenvalue weighted by molar-refractivity contribution is 0.216. The predicted octanol–water partition coefficient (Wildman–Crippen LogP) is 7.39. The number of fused-ring (bicyclic) bond motifs is 3. The fourth-order valence-electron chi connectivity index (χ4n) is 5.96. The maximum atomic E-state index is 6.12. The van der Waals surface area contributed by atoms with Gasteiger partial charge in [-0.1, -0.05) is 25.0 Å². The van der Waals surface area contributed by atoms with Gasteiger partial charge in [-0.25, -0.2) is 0 Å². The minimum atomic E-state index is 0. The van der Waals surface area contributed by atoms with E-state index in [4.69, 9.17) is 9.47 Å². The average molecular weight is 550 g/mol. The molecule has 0 radical (unpaired) electrons. The van der Waals surface area contributed by atoms with Crippen molar-refractivity contribution in [3.63, 3.8) is 0 Å². The van der Waals surface area contributed by atoms with E-state index < -0.39 is 0 Å². The zero-order valence-electron chi connectivity index (χ0n) is 22.4. The molecule has 2 heterocycles. The van der Waals surface area contributed by atoms with E-state index in [-0.39, 0.29) is 24.8 Å². The monoisotopic (exact) mass is 548 g/mol. The van der Waals surface area contributed by atoms with Gasteiger partial charge in [-0.2, -0.15) is 0 Å². The first-order chi connectivity index (χ1) is 17.3. The Balaban J connectivity index is 0.00000190. The molecule has 37 heavy (non-hydrogen) atoms. The number of likely N-dealkylation sites (tertiary alicyclic amines) is 2. The van der Waals surface area contributed by atoms with Crippen LogP contribution < -0.4 is 9.47 Å². The van der Waals surface area contributed by atoms with E-state index in [1.807, 2.05) is 0 Å². The molecule has 4 nitrogen and oxygen atoms in total. The van der Waals surface area contributed by atoms with Crippen molar-refractivity contribution in [3.05, 3.63) is 47.5 Å². The molecule has 0 bridgehead atoms. The highest BCUT2D eigenvalue weighted by Crippen LogP contribution is 2.40. The minimum Gasteiger partial charge on any atom is -0.494 e. The first-order valence-corrected chi connectivity index (χ1v) is 14.3. The summed E-state index contributed by atoms with van der Waals surface area (Å²) >= 11 is 0. The van der Waals surface area contributed by atoms with Gasteiger partial charge in [0.2, 0.25) is 0 Å². The van der Waals surface area contributed by atoms with Crippen LogP contribution in [-0.4, -0.2) is 62.3 Å². The van der Waals surface area contributed by atoms with Crippen molar-refractivity contribution >= 4 is 24.8 Å². The van der Waals surface area contributed by atoms with Gasteiger partial charge in [-0.15, -0.1) is 24.8 Å². The third-order valence-electron chi connectivity index (χ3n) is 8.00. The van der Waals surface area contributed by atoms with Crippen molar-refractivity contribution in [2.45, 2.75) is 70.6 Å². The van der Waals surface area contributed by atoms with E-state index in [0.717, 1.165) is 44.0 Å². The average Bonchev–Trinajstić information content (AvgIpc) is 3.26. The summed E-state index contributed by atoms with van der Waals surface area (Å²) in [6.45, 7) is 9.24. The van der Waals surface area contributed by atoms with Crippen LogP contribution in [0, 0.1) is 0 Å². The number of hydrogen-bond acceptors (Lipinski definition) is 4. The van der Waals surface area contributed by atoms with Crippen LogP contribution in [-0.2, 0) is 6.42 Å². The van der Waals surface area contributed by atoms with E-state index in [0.29, 0.717) is 0 Å². The first kappa shape index (κ1) is 30.1. The number of rotatable bonds is 12. The Hall–Kier alpha value is -1.46. The second-order valence-corrected chi connectivity index (χ2v) is 10.7. The largest absolute Gasteiger partial charge is 0.494 e. The van der Waals surface area contributed by atoms with Crippen LogP contribution >= 0.6 is 24.8 Å². The number of benzene rings is 2. The highest BCUT2D eigenvalue weighted by Gasteiger charge is 2.20. The van der Waals surface area contributed by atoms with Crippen LogP contribution in [0.2, 0.25) is 0 Å². The molecule has 1 aliphatic carbocycles. The SMILES string of the molecule is Cl.Cl.c1cc2c(cc1OCCCCN1CCCCC1)Cc1cc(OCCCCN3CCCCC3)ccc1-2. The first-order valence-electron chi connectivity index (χ1n) is 14.3. The standard InChI is InChI=1S/C31H44N2O2.2ClH/c1-3-15-32(16-4-1)19-7-9-21-34-28-11-13-30-26(24-28)23-27-25-29(12-14-31(27)30)35-22-10-8-20-33-17-5-2-6-18-33;;/h11-14,24-25H,1-10,15-23H2;2*1H. The van der Waals surface area contributed by atoms with Crippen molar-refractivity contribution in [2.24, 2.45) is 0 Å². The summed E-state index contributed by atoms with van der Waals surface area (Å²) in [6.07, 6.45) is 14.0. The van der Waals surface area contributed by atoms with E-state index in [1.54, 1.807) is 0 Å². The third kappa shape index (κ3) is 8.78. The number of ether oxygens (including phenoxy) is 2. The van der Waals surface area contributed by atoms with E-state index >= 15 is 0 Å². The molecule has 206 valence electrons. The van der Waals surface area contributed by atoms with Crippen molar-refractivity contribution in [2.75, 3.05) is 52.5 Å². The Morgan fingerprint density at radius 3 is 1.41 bits per heavy atom. The number of piperidine rings is 2. The Bertz CT molecular complexity index is 867. The molecule has 0 N–H and O–H groups in total. The Morgan fingerprint density at radius 1 is 0.541 bits per heavy atom. The number of nitrogens with zero attached hydrogens (tertiary/aromatic N) is 2. The van der Waals surface area contributed by atoms with Crippen LogP contribution in [0.5, 0.6) is 11.5 Å². The van der Waals surface area contributed by atoms with Gasteiger partial charge >= 0.3 is 0 Å². The van der Waals surface area contributed by atoms with Gasteiger partial charge in [0.05, 0.1) is 13.2 Å². The second-order valence-electron chi connectivity index (χ2n) is 10.7. The summed E-state index contributed by atoms with van der Waals surface area (Å²) in [7, 11) is 0. The van der Waals surface area contributed by atoms with Gasteiger partial charge in [-0.3, -0.25) is 0 Å². The molecular weight excluding hydrogens is 503 g/mol. The highest BCUT2D eigenvalue weighted by molar-refractivity contribution is 5.85. The van der Waals surface area contributed by atoms with E-state index in [2.05, 4.69) is 46.2 Å². The lowest BCUT2D eigenvalue weighted by atomic mass is 10.1. The van der Waals surface area contributed by atoms with Crippen LogP contribution in [0.25, 0.3) is 11.1 Å². The smallest absolute Gasteiger partial charge is 0.119 e. The van der Waals surface area contributed by atoms with Gasteiger partial charge in [0.15, 0.2) is 0 Å². The van der Waals surface area contributed by atoms with Crippen LogP contribution in [0.4, 0.5) is 0 Å². The normalized spacial score (nSPS) is 17.3. The minimum absolute atomic E-state index is 0. The second kappa shape index (κ2) is 15.8. The van der Waals surface area contributed by atoms with E-state index in [1.165, 1.54) is 113 Å². The molecule has 3 aliphatic rings. The van der Waals surface area contributed by atoms with E-state index in [9.17, 15) is 0 Å². The van der Waals surface area contributed by atoms with Crippen LogP contribution in [0.15, 0.2) is 36.4 Å². The molecule has 0 unspecified atom stereocenters. The summed E-state index contributed by atoms with van der Waals surface area (Å²) in [6, 6.07) is 13.3. The predicted molar refractivity (Wildman–Crippen MR) is 159 cm³/mol. The van der Waals surface area contributed by atoms with Crippen LogP contribution in [0.3, 0.4) is 0 Å². The Morgan fingerprint density at radius 2 is 0.973 bits per heavy atom. The van der Waals surface area contributed by atoms with Gasteiger partial charge in [-0.05, 0) is 144 Å². The molecule has 0 amide bonds. The third-order valence-corrected chi connectivity index (χ3v) is 8.00. The fraction of sp³-hybridized carbons (Fsp3) is 0.613. The van der Waals surface area contributed by atoms with Crippen molar-refractivity contribution in [1.29, 1.82) is 0 Å². The highest BCUT2D eigenvalue weighted by atomic mass is 35.5. The maximum Gasteiger partial charge on any atom is 0.119 e. The number of halogens is 2. The molecule has 0 spiro atoms. The number of hydrogen-bond donors (Lipinski definition) is 0. The summed E-state index contributed by atoms with van der Waals surface area (Å²) < 4.78 is 12.2. The molecular formula is C31H46Cl2N2O2. The van der Waals surface area contributed by atoms with Crippen molar-refractivity contribution in [1.82, 2.24) is 9.80 Å². The quantitative estimate of drug-likeness (QED) is 0.220. The molecule has 2 aliphatic heterocycles. The Kier molecular flexibility index (Phi) is 12.9. The molecule has 0 saturated carbocycles. The van der Waals surface area contributed by atoms with Crippen LogP contribution in [0.1, 0.15) is 75.3 Å². The molecule has 2 aromatic rings. The molecule has 5 rings (SSSR count). The van der Waals surface area contributed by atoms with Gasteiger partial charge in [0.1, 0.15) is 11.5 Å². The molecule has 2 fully saturated rings. The molecule has 0 atom stereocenters. The zero-order chi connectivity index (χ0) is 23.7. The van der Waals surface area contributed by atoms with Gasteiger partial charge < -0.3 is 19.3 Å². The summed E-state index contributed by atoms with van der Waals surface area (Å²) in [5.74, 6) is 2.03. The van der Waals surface area contributed by atoms with Gasteiger partial charge in [0, 0.05) is 0 Å². The Labute approximate surface area is 236 Å². The maximum absolute atomic E-state index is 6.12. The summed E-state index contributed by atoms with van der Waals surface area (Å²) in [5.41, 5.74) is 5.46. The van der Waals surface area contributed by atoms with Crippen molar-refractivity contribution < 1.29 is 9.47 Å². The van der Waals surface area contributed by atoms with Gasteiger partial charge in [0.25, 0.3) is 0 Å². The van der Waals surface area contributed by atoms with Crippen molar-refractivity contribution in [3.8, 4) is 22.6 Å². The molecule has 2 saturated heterocycles. The summed E-state index contributed by atoms with van der Waals surface area (Å²) in [5, 5.41) is 0. The zero-order valence-corrected chi connectivity index (χ0v) is 24.1. The summed E-state index contributed by atoms with van der Waals surface area (Å²) in [4.78, 5) is 5.23. The fourth-order valence-corrected chi connectivity index (χ4v) is 5.96. The lowest BCUT2D eigenvalue weighted by Gasteiger charge is -2.26. The number of unbranched alkanes of at least 4 members (excludes halogenated alkanes) is 2. The lowest BCUT2D eigenvalue weighted by Crippen LogP contribution is -2.30.